The molecule has 18 heavy (non-hydrogen) atoms. The van der Waals surface area contributed by atoms with Crippen molar-refractivity contribution in [3.8, 4) is 17.0 Å². The van der Waals surface area contributed by atoms with Crippen molar-refractivity contribution in [2.24, 2.45) is 0 Å². The zero-order chi connectivity index (χ0) is 13.1. The van der Waals surface area contributed by atoms with E-state index in [1.165, 1.54) is 24.2 Å². The Balaban J connectivity index is 2.28. The number of aromatic nitrogens is 3. The molecule has 0 atom stereocenters. The molecule has 0 unspecified atom stereocenters. The molecule has 0 saturated heterocycles. The molecule has 2 heterocycles. The normalized spacial score (nSPS) is 10.9. The van der Waals surface area contributed by atoms with Gasteiger partial charge in [0.2, 0.25) is 0 Å². The zero-order valence-electron chi connectivity index (χ0n) is 9.68. The summed E-state index contributed by atoms with van der Waals surface area (Å²) in [6.07, 6.45) is 0.578. The Labute approximate surface area is 102 Å². The molecule has 0 aliphatic carbocycles. The van der Waals surface area contributed by atoms with E-state index in [9.17, 15) is 8.78 Å². The minimum Gasteiger partial charge on any atom is -0.493 e. The number of nitrogens with zero attached hydrogens (tertiary/aromatic N) is 3. The van der Waals surface area contributed by atoms with Crippen LogP contribution in [0.15, 0.2) is 24.5 Å². The smallest absolute Gasteiger partial charge is 0.257 e. The molecule has 2 aromatic heterocycles. The standard InChI is InChI=1S/C11H12F2N4O/c1-18-9-4-7(5-15-11(9)14)8-2-3-17(16-8)6-10(12)13/h2-5,10H,6H2,1H3,(H2,14,15). The van der Waals surface area contributed by atoms with E-state index < -0.39 is 13.0 Å². The third-order valence-electron chi connectivity index (χ3n) is 2.36. The Kier molecular flexibility index (Phi) is 3.40. The molecule has 0 saturated carbocycles. The van der Waals surface area contributed by atoms with E-state index in [0.29, 0.717) is 17.0 Å². The minimum atomic E-state index is -2.43. The van der Waals surface area contributed by atoms with Crippen LogP contribution in [0.3, 0.4) is 0 Å². The van der Waals surface area contributed by atoms with Crippen LogP contribution in [-0.4, -0.2) is 28.3 Å². The first-order chi connectivity index (χ1) is 8.60. The number of halogens is 2. The lowest BCUT2D eigenvalue weighted by Gasteiger charge is -2.04. The summed E-state index contributed by atoms with van der Waals surface area (Å²) >= 11 is 0. The molecule has 0 spiro atoms. The molecule has 2 rings (SSSR count). The Morgan fingerprint density at radius 3 is 2.94 bits per heavy atom. The van der Waals surface area contributed by atoms with Crippen molar-refractivity contribution in [3.05, 3.63) is 24.5 Å². The topological polar surface area (TPSA) is 66.0 Å². The number of rotatable bonds is 4. The van der Waals surface area contributed by atoms with Gasteiger partial charge < -0.3 is 10.5 Å². The summed E-state index contributed by atoms with van der Waals surface area (Å²) in [6.45, 7) is -0.431. The summed E-state index contributed by atoms with van der Waals surface area (Å²) < 4.78 is 30.6. The predicted octanol–water partition coefficient (Wildman–Crippen LogP) is 1.80. The first-order valence-corrected chi connectivity index (χ1v) is 5.21. The summed E-state index contributed by atoms with van der Waals surface area (Å²) in [5.41, 5.74) is 6.79. The van der Waals surface area contributed by atoms with E-state index in [1.807, 2.05) is 0 Å². The summed E-state index contributed by atoms with van der Waals surface area (Å²) in [5.74, 6) is 0.698. The second kappa shape index (κ2) is 4.99. The molecule has 2 aromatic rings. The summed E-state index contributed by atoms with van der Waals surface area (Å²) in [4.78, 5) is 3.95. The highest BCUT2D eigenvalue weighted by Crippen LogP contribution is 2.25. The quantitative estimate of drug-likeness (QED) is 0.903. The fourth-order valence-corrected chi connectivity index (χ4v) is 1.52. The maximum absolute atomic E-state index is 12.2. The van der Waals surface area contributed by atoms with E-state index in [2.05, 4.69) is 10.1 Å². The lowest BCUT2D eigenvalue weighted by molar-refractivity contribution is 0.122. The maximum Gasteiger partial charge on any atom is 0.257 e. The number of alkyl halides is 2. The average Bonchev–Trinajstić information content (AvgIpc) is 2.77. The number of nitrogens with two attached hydrogens (primary N) is 1. The van der Waals surface area contributed by atoms with Crippen molar-refractivity contribution in [2.45, 2.75) is 13.0 Å². The van der Waals surface area contributed by atoms with E-state index in [4.69, 9.17) is 10.5 Å². The molecule has 0 fully saturated rings. The first-order valence-electron chi connectivity index (χ1n) is 5.21. The molecule has 7 heteroatoms. The Hall–Kier alpha value is -2.18. The van der Waals surface area contributed by atoms with Crippen molar-refractivity contribution in [1.82, 2.24) is 14.8 Å². The Morgan fingerprint density at radius 1 is 1.50 bits per heavy atom. The third kappa shape index (κ3) is 2.55. The van der Waals surface area contributed by atoms with Gasteiger partial charge in [0.25, 0.3) is 6.43 Å². The zero-order valence-corrected chi connectivity index (χ0v) is 9.68. The Bertz CT molecular complexity index is 542. The molecular weight excluding hydrogens is 242 g/mol. The summed E-state index contributed by atoms with van der Waals surface area (Å²) in [5, 5.41) is 4.03. The van der Waals surface area contributed by atoms with Crippen LogP contribution in [0, 0.1) is 0 Å². The van der Waals surface area contributed by atoms with Crippen molar-refractivity contribution in [1.29, 1.82) is 0 Å². The molecule has 0 aliphatic heterocycles. The van der Waals surface area contributed by atoms with Crippen LogP contribution in [0.4, 0.5) is 14.6 Å². The van der Waals surface area contributed by atoms with Gasteiger partial charge in [-0.15, -0.1) is 0 Å². The molecule has 2 N–H and O–H groups in total. The second-order valence-corrected chi connectivity index (χ2v) is 3.63. The lowest BCUT2D eigenvalue weighted by atomic mass is 10.2. The highest BCUT2D eigenvalue weighted by atomic mass is 19.3. The van der Waals surface area contributed by atoms with Crippen LogP contribution in [0.25, 0.3) is 11.3 Å². The molecule has 96 valence electrons. The highest BCUT2D eigenvalue weighted by molar-refractivity contribution is 5.63. The van der Waals surface area contributed by atoms with Crippen molar-refractivity contribution < 1.29 is 13.5 Å². The molecule has 0 aromatic carbocycles. The third-order valence-corrected chi connectivity index (χ3v) is 2.36. The minimum absolute atomic E-state index is 0.272. The average molecular weight is 254 g/mol. The number of anilines is 1. The van der Waals surface area contributed by atoms with Gasteiger partial charge >= 0.3 is 0 Å². The van der Waals surface area contributed by atoms with E-state index in [0.717, 1.165) is 0 Å². The molecule has 0 amide bonds. The van der Waals surface area contributed by atoms with E-state index in [-0.39, 0.29) is 5.82 Å². The molecule has 0 radical (unpaired) electrons. The molecule has 0 aliphatic rings. The Morgan fingerprint density at radius 2 is 2.28 bits per heavy atom. The molecule has 0 bridgehead atoms. The molecular formula is C11H12F2N4O. The SMILES string of the molecule is COc1cc(-c2ccn(CC(F)F)n2)cnc1N. The van der Waals surface area contributed by atoms with Crippen LogP contribution >= 0.6 is 0 Å². The number of ether oxygens (including phenoxy) is 1. The van der Waals surface area contributed by atoms with E-state index >= 15 is 0 Å². The number of methoxy groups -OCH3 is 1. The van der Waals surface area contributed by atoms with Crippen molar-refractivity contribution in [2.75, 3.05) is 12.8 Å². The van der Waals surface area contributed by atoms with Gasteiger partial charge in [0.05, 0.1) is 12.8 Å². The largest absolute Gasteiger partial charge is 0.493 e. The van der Waals surface area contributed by atoms with Gasteiger partial charge in [-0.2, -0.15) is 5.10 Å². The number of pyridine rings is 1. The highest BCUT2D eigenvalue weighted by Gasteiger charge is 2.09. The van der Waals surface area contributed by atoms with Crippen LogP contribution < -0.4 is 10.5 Å². The van der Waals surface area contributed by atoms with Crippen LogP contribution in [-0.2, 0) is 6.54 Å². The van der Waals surface area contributed by atoms with Gasteiger partial charge in [-0.3, -0.25) is 4.68 Å². The van der Waals surface area contributed by atoms with Gasteiger partial charge in [-0.25, -0.2) is 13.8 Å². The van der Waals surface area contributed by atoms with Gasteiger partial charge in [0, 0.05) is 18.0 Å². The van der Waals surface area contributed by atoms with Gasteiger partial charge in [-0.05, 0) is 12.1 Å². The van der Waals surface area contributed by atoms with Crippen LogP contribution in [0.1, 0.15) is 0 Å². The number of hydrogen-bond donors (Lipinski definition) is 1. The summed E-state index contributed by atoms with van der Waals surface area (Å²) in [6, 6.07) is 3.30. The van der Waals surface area contributed by atoms with Crippen LogP contribution in [0.5, 0.6) is 5.75 Å². The van der Waals surface area contributed by atoms with Crippen molar-refractivity contribution >= 4 is 5.82 Å². The fraction of sp³-hybridized carbons (Fsp3) is 0.273. The second-order valence-electron chi connectivity index (χ2n) is 3.63. The summed E-state index contributed by atoms with van der Waals surface area (Å²) in [7, 11) is 1.48. The van der Waals surface area contributed by atoms with Gasteiger partial charge in [0.15, 0.2) is 11.6 Å². The molecule has 5 nitrogen and oxygen atoms in total. The van der Waals surface area contributed by atoms with Gasteiger partial charge in [0.1, 0.15) is 6.54 Å². The number of nitrogen functional groups attached to an aromatic ring is 1. The van der Waals surface area contributed by atoms with Gasteiger partial charge in [-0.1, -0.05) is 0 Å². The van der Waals surface area contributed by atoms with E-state index in [1.54, 1.807) is 12.1 Å². The lowest BCUT2D eigenvalue weighted by Crippen LogP contribution is -2.06. The van der Waals surface area contributed by atoms with Crippen molar-refractivity contribution in [3.63, 3.8) is 0 Å². The fourth-order valence-electron chi connectivity index (χ4n) is 1.52. The van der Waals surface area contributed by atoms with Crippen LogP contribution in [0.2, 0.25) is 0 Å². The number of hydrogen-bond acceptors (Lipinski definition) is 4. The first kappa shape index (κ1) is 12.3. The maximum atomic E-state index is 12.2. The predicted molar refractivity (Wildman–Crippen MR) is 62.4 cm³/mol. The monoisotopic (exact) mass is 254 g/mol.